The molecular formula is C7H14N2O2. The summed E-state index contributed by atoms with van der Waals surface area (Å²) in [6.07, 6.45) is 1.32. The average Bonchev–Trinajstić information content (AvgIpc) is 2.29. The second-order valence-corrected chi connectivity index (χ2v) is 3.41. The lowest BCUT2D eigenvalue weighted by atomic mass is 10.1. The highest BCUT2D eigenvalue weighted by atomic mass is 16.5. The lowest BCUT2D eigenvalue weighted by molar-refractivity contribution is -0.135. The summed E-state index contributed by atoms with van der Waals surface area (Å²) < 4.78 is 5.41. The molecule has 3 N–H and O–H groups in total. The zero-order valence-corrected chi connectivity index (χ0v) is 6.89. The molecule has 1 aliphatic heterocycles. The van der Waals surface area contributed by atoms with Crippen LogP contribution in [0.5, 0.6) is 0 Å². The van der Waals surface area contributed by atoms with Crippen LogP contribution in [-0.2, 0) is 9.53 Å². The third-order valence-corrected chi connectivity index (χ3v) is 1.90. The van der Waals surface area contributed by atoms with Crippen LogP contribution in [-0.4, -0.2) is 17.6 Å². The first-order chi connectivity index (χ1) is 5.05. The van der Waals surface area contributed by atoms with E-state index in [1.54, 1.807) is 0 Å². The molecule has 64 valence electrons. The summed E-state index contributed by atoms with van der Waals surface area (Å²) in [5, 5.41) is 0. The second-order valence-electron chi connectivity index (χ2n) is 3.41. The highest BCUT2D eigenvalue weighted by Gasteiger charge is 2.35. The van der Waals surface area contributed by atoms with E-state index in [1.165, 1.54) is 0 Å². The van der Waals surface area contributed by atoms with E-state index in [9.17, 15) is 4.79 Å². The van der Waals surface area contributed by atoms with Crippen LogP contribution in [0.15, 0.2) is 0 Å². The molecule has 4 nitrogen and oxygen atoms in total. The lowest BCUT2D eigenvalue weighted by Crippen LogP contribution is -2.39. The van der Waals surface area contributed by atoms with Gasteiger partial charge in [-0.2, -0.15) is 0 Å². The Kier molecular flexibility index (Phi) is 2.15. The summed E-state index contributed by atoms with van der Waals surface area (Å²) in [7, 11) is 0. The van der Waals surface area contributed by atoms with Crippen molar-refractivity contribution in [2.45, 2.75) is 38.4 Å². The molecule has 0 aliphatic carbocycles. The third-order valence-electron chi connectivity index (χ3n) is 1.90. The predicted octanol–water partition coefficient (Wildman–Crippen LogP) is -0.0661. The summed E-state index contributed by atoms with van der Waals surface area (Å²) >= 11 is 0. The number of hydrogen-bond donors (Lipinski definition) is 2. The fourth-order valence-electron chi connectivity index (χ4n) is 1.26. The summed E-state index contributed by atoms with van der Waals surface area (Å²) in [6, 6.07) is 0. The summed E-state index contributed by atoms with van der Waals surface area (Å²) in [5.41, 5.74) is 1.91. The Balaban J connectivity index is 2.48. The van der Waals surface area contributed by atoms with Gasteiger partial charge in [-0.1, -0.05) is 0 Å². The Morgan fingerprint density at radius 1 is 1.73 bits per heavy atom. The van der Waals surface area contributed by atoms with E-state index in [2.05, 4.69) is 5.43 Å². The molecule has 0 aromatic carbocycles. The largest absolute Gasteiger partial charge is 0.362 e. The molecule has 1 unspecified atom stereocenters. The first kappa shape index (κ1) is 8.49. The van der Waals surface area contributed by atoms with Crippen LogP contribution >= 0.6 is 0 Å². The molecule has 4 heteroatoms. The Morgan fingerprint density at radius 2 is 2.36 bits per heavy atom. The van der Waals surface area contributed by atoms with Crippen molar-refractivity contribution in [1.82, 2.24) is 5.43 Å². The maximum Gasteiger partial charge on any atom is 0.263 e. The highest BCUT2D eigenvalue weighted by Crippen LogP contribution is 2.28. The number of carbonyl (C=O) groups excluding carboxylic acids is 1. The van der Waals surface area contributed by atoms with Crippen LogP contribution in [0.4, 0.5) is 0 Å². The van der Waals surface area contributed by atoms with Crippen molar-refractivity contribution >= 4 is 5.91 Å². The highest BCUT2D eigenvalue weighted by molar-refractivity contribution is 5.80. The molecule has 1 fully saturated rings. The number of amides is 1. The Morgan fingerprint density at radius 3 is 2.73 bits per heavy atom. The summed E-state index contributed by atoms with van der Waals surface area (Å²) in [5.74, 6) is 4.73. The fourth-order valence-corrected chi connectivity index (χ4v) is 1.26. The predicted molar refractivity (Wildman–Crippen MR) is 40.5 cm³/mol. The van der Waals surface area contributed by atoms with E-state index < -0.39 is 0 Å². The quantitative estimate of drug-likeness (QED) is 0.319. The van der Waals surface area contributed by atoms with Crippen LogP contribution in [0.2, 0.25) is 0 Å². The van der Waals surface area contributed by atoms with Gasteiger partial charge in [-0.25, -0.2) is 5.84 Å². The Labute approximate surface area is 66.1 Å². The molecule has 1 aliphatic rings. The van der Waals surface area contributed by atoms with Gasteiger partial charge in [0.25, 0.3) is 5.91 Å². The van der Waals surface area contributed by atoms with Gasteiger partial charge in [-0.05, 0) is 26.7 Å². The molecule has 0 aromatic rings. The molecular weight excluding hydrogens is 144 g/mol. The van der Waals surface area contributed by atoms with Gasteiger partial charge in [-0.15, -0.1) is 0 Å². The molecule has 1 saturated heterocycles. The maximum atomic E-state index is 10.9. The summed E-state index contributed by atoms with van der Waals surface area (Å²) in [4.78, 5) is 10.9. The zero-order chi connectivity index (χ0) is 8.48. The van der Waals surface area contributed by atoms with Gasteiger partial charge in [0.15, 0.2) is 0 Å². The minimum Gasteiger partial charge on any atom is -0.362 e. The molecule has 0 radical (unpaired) electrons. The number of nitrogens with two attached hydrogens (primary N) is 1. The minimum atomic E-state index is -0.352. The van der Waals surface area contributed by atoms with Crippen LogP contribution in [0.25, 0.3) is 0 Å². The molecule has 0 saturated carbocycles. The molecule has 0 bridgehead atoms. The van der Waals surface area contributed by atoms with Crippen molar-refractivity contribution in [2.24, 2.45) is 5.84 Å². The standard InChI is InChI=1S/C7H14N2O2/c1-7(2)4-3-5(11-7)6(10)9-8/h5H,3-4,8H2,1-2H3,(H,9,10). The lowest BCUT2D eigenvalue weighted by Gasteiger charge is -2.17. The molecule has 1 atom stereocenters. The second kappa shape index (κ2) is 2.79. The smallest absolute Gasteiger partial charge is 0.263 e. The zero-order valence-electron chi connectivity index (χ0n) is 6.89. The van der Waals surface area contributed by atoms with E-state index in [-0.39, 0.29) is 17.6 Å². The van der Waals surface area contributed by atoms with Gasteiger partial charge in [0.05, 0.1) is 5.60 Å². The van der Waals surface area contributed by atoms with Crippen LogP contribution in [0.3, 0.4) is 0 Å². The van der Waals surface area contributed by atoms with Crippen molar-refractivity contribution in [3.8, 4) is 0 Å². The van der Waals surface area contributed by atoms with Crippen LogP contribution in [0.1, 0.15) is 26.7 Å². The van der Waals surface area contributed by atoms with Gasteiger partial charge in [0.2, 0.25) is 0 Å². The minimum absolute atomic E-state index is 0.169. The fraction of sp³-hybridized carbons (Fsp3) is 0.857. The van der Waals surface area contributed by atoms with Crippen molar-refractivity contribution in [3.63, 3.8) is 0 Å². The molecule has 1 heterocycles. The number of rotatable bonds is 1. The van der Waals surface area contributed by atoms with E-state index in [4.69, 9.17) is 10.6 Å². The topological polar surface area (TPSA) is 64.4 Å². The van der Waals surface area contributed by atoms with Gasteiger partial charge >= 0.3 is 0 Å². The monoisotopic (exact) mass is 158 g/mol. The van der Waals surface area contributed by atoms with Crippen molar-refractivity contribution < 1.29 is 9.53 Å². The Bertz CT molecular complexity index is 168. The first-order valence-corrected chi connectivity index (χ1v) is 3.73. The molecule has 11 heavy (non-hydrogen) atoms. The molecule has 0 spiro atoms. The van der Waals surface area contributed by atoms with E-state index >= 15 is 0 Å². The molecule has 1 amide bonds. The van der Waals surface area contributed by atoms with Gasteiger partial charge in [0, 0.05) is 0 Å². The molecule has 0 aromatic heterocycles. The summed E-state index contributed by atoms with van der Waals surface area (Å²) in [6.45, 7) is 3.94. The number of nitrogens with one attached hydrogen (secondary N) is 1. The van der Waals surface area contributed by atoms with Gasteiger partial charge in [0.1, 0.15) is 6.10 Å². The normalized spacial score (nSPS) is 28.5. The van der Waals surface area contributed by atoms with Crippen molar-refractivity contribution in [3.05, 3.63) is 0 Å². The maximum absolute atomic E-state index is 10.9. The average molecular weight is 158 g/mol. The SMILES string of the molecule is CC1(C)CCC(C(=O)NN)O1. The van der Waals surface area contributed by atoms with E-state index in [0.717, 1.165) is 12.8 Å². The van der Waals surface area contributed by atoms with Crippen molar-refractivity contribution in [2.75, 3.05) is 0 Å². The number of hydrogen-bond acceptors (Lipinski definition) is 3. The third kappa shape index (κ3) is 1.91. The Hall–Kier alpha value is -0.610. The molecule has 1 rings (SSSR count). The number of ether oxygens (including phenoxy) is 1. The van der Waals surface area contributed by atoms with E-state index in [0.29, 0.717) is 0 Å². The van der Waals surface area contributed by atoms with Crippen LogP contribution in [0, 0.1) is 0 Å². The van der Waals surface area contributed by atoms with Gasteiger partial charge in [-0.3, -0.25) is 10.2 Å². The number of hydrazine groups is 1. The first-order valence-electron chi connectivity index (χ1n) is 3.73. The van der Waals surface area contributed by atoms with Crippen molar-refractivity contribution in [1.29, 1.82) is 0 Å². The number of carbonyl (C=O) groups is 1. The van der Waals surface area contributed by atoms with E-state index in [1.807, 2.05) is 13.8 Å². The van der Waals surface area contributed by atoms with Gasteiger partial charge < -0.3 is 4.74 Å². The van der Waals surface area contributed by atoms with Crippen LogP contribution < -0.4 is 11.3 Å².